The first kappa shape index (κ1) is 17.8. The summed E-state index contributed by atoms with van der Waals surface area (Å²) in [6, 6.07) is 13.3. The van der Waals surface area contributed by atoms with Gasteiger partial charge in [0.15, 0.2) is 0 Å². The quantitative estimate of drug-likeness (QED) is 0.730. The van der Waals surface area contributed by atoms with Crippen LogP contribution >= 0.6 is 0 Å². The Hall–Kier alpha value is -3.02. The van der Waals surface area contributed by atoms with E-state index in [-0.39, 0.29) is 17.8 Å². The summed E-state index contributed by atoms with van der Waals surface area (Å²) in [5.41, 5.74) is 2.40. The molecule has 0 aliphatic rings. The van der Waals surface area contributed by atoms with E-state index >= 15 is 0 Å². The third-order valence-corrected chi connectivity index (χ3v) is 4.29. The van der Waals surface area contributed by atoms with Gasteiger partial charge in [-0.1, -0.05) is 31.2 Å². The topological polar surface area (TPSA) is 59.8 Å². The Morgan fingerprint density at radius 1 is 1.08 bits per heavy atom. The highest BCUT2D eigenvalue weighted by atomic mass is 19.1. The van der Waals surface area contributed by atoms with Crippen molar-refractivity contribution in [3.63, 3.8) is 0 Å². The summed E-state index contributed by atoms with van der Waals surface area (Å²) in [5.74, 6) is 0.328. The minimum absolute atomic E-state index is 0.159. The number of amides is 1. The van der Waals surface area contributed by atoms with Gasteiger partial charge in [-0.25, -0.2) is 14.1 Å². The Labute approximate surface area is 151 Å². The minimum Gasteiger partial charge on any atom is -0.342 e. The Morgan fingerprint density at radius 2 is 1.69 bits per heavy atom. The van der Waals surface area contributed by atoms with E-state index in [1.165, 1.54) is 18.5 Å². The molecule has 0 fully saturated rings. The lowest BCUT2D eigenvalue weighted by molar-refractivity contribution is 0.0932. The molecule has 134 valence electrons. The number of halogens is 1. The summed E-state index contributed by atoms with van der Waals surface area (Å²) < 4.78 is 14.8. The summed E-state index contributed by atoms with van der Waals surface area (Å²) in [5, 5.41) is 7.18. The zero-order valence-corrected chi connectivity index (χ0v) is 14.8. The first-order valence-corrected chi connectivity index (χ1v) is 8.67. The first-order valence-electron chi connectivity index (χ1n) is 8.67. The molecule has 1 N–H and O–H groups in total. The molecule has 26 heavy (non-hydrogen) atoms. The van der Waals surface area contributed by atoms with E-state index in [4.69, 9.17) is 0 Å². The zero-order chi connectivity index (χ0) is 18.5. The Bertz CT molecular complexity index is 872. The Morgan fingerprint density at radius 3 is 2.27 bits per heavy atom. The molecule has 1 heterocycles. The van der Waals surface area contributed by atoms with Crippen molar-refractivity contribution in [2.45, 2.75) is 32.9 Å². The van der Waals surface area contributed by atoms with E-state index in [1.54, 1.807) is 28.9 Å². The van der Waals surface area contributed by atoms with Crippen LogP contribution in [-0.2, 0) is 6.54 Å². The molecule has 1 atom stereocenters. The number of carbonyl (C=O) groups is 1. The second kappa shape index (κ2) is 7.91. The van der Waals surface area contributed by atoms with E-state index in [0.717, 1.165) is 23.4 Å². The number of aromatic nitrogens is 3. The standard InChI is InChI=1S/C20H21FN4O/c1-3-18(19-22-13-23-25(19)4-2)24-20(26)16-7-5-14(6-8-16)15-9-11-17(21)12-10-15/h5-13,18H,3-4H2,1-2H3,(H,24,26)/t18-/m0/s1. The van der Waals surface area contributed by atoms with Gasteiger partial charge in [0.05, 0.1) is 6.04 Å². The predicted molar refractivity (Wildman–Crippen MR) is 98.0 cm³/mol. The second-order valence-corrected chi connectivity index (χ2v) is 5.95. The van der Waals surface area contributed by atoms with Gasteiger partial charge >= 0.3 is 0 Å². The van der Waals surface area contributed by atoms with Crippen LogP contribution in [0.1, 0.15) is 42.5 Å². The van der Waals surface area contributed by atoms with Gasteiger partial charge < -0.3 is 5.32 Å². The van der Waals surface area contributed by atoms with E-state index in [0.29, 0.717) is 12.1 Å². The van der Waals surface area contributed by atoms with Gasteiger partial charge in [0, 0.05) is 12.1 Å². The van der Waals surface area contributed by atoms with Crippen molar-refractivity contribution in [1.29, 1.82) is 0 Å². The normalized spacial score (nSPS) is 12.0. The molecule has 0 unspecified atom stereocenters. The van der Waals surface area contributed by atoms with Crippen LogP contribution in [0, 0.1) is 5.82 Å². The van der Waals surface area contributed by atoms with Gasteiger partial charge in [-0.15, -0.1) is 0 Å². The van der Waals surface area contributed by atoms with Crippen molar-refractivity contribution < 1.29 is 9.18 Å². The average molecular weight is 352 g/mol. The van der Waals surface area contributed by atoms with E-state index < -0.39 is 0 Å². The highest BCUT2D eigenvalue weighted by molar-refractivity contribution is 5.94. The van der Waals surface area contributed by atoms with Crippen LogP contribution in [0.5, 0.6) is 0 Å². The van der Waals surface area contributed by atoms with Gasteiger partial charge in [0.2, 0.25) is 0 Å². The molecule has 0 bridgehead atoms. The maximum Gasteiger partial charge on any atom is 0.251 e. The van der Waals surface area contributed by atoms with Crippen molar-refractivity contribution in [2.24, 2.45) is 0 Å². The molecule has 5 nitrogen and oxygen atoms in total. The van der Waals surface area contributed by atoms with Crippen molar-refractivity contribution in [2.75, 3.05) is 0 Å². The molecule has 0 aliphatic carbocycles. The Kier molecular flexibility index (Phi) is 5.41. The van der Waals surface area contributed by atoms with Crippen LogP contribution in [0.15, 0.2) is 54.9 Å². The number of hydrogen-bond acceptors (Lipinski definition) is 3. The molecule has 0 spiro atoms. The SMILES string of the molecule is CC[C@H](NC(=O)c1ccc(-c2ccc(F)cc2)cc1)c1ncnn1CC. The lowest BCUT2D eigenvalue weighted by Gasteiger charge is -2.17. The van der Waals surface area contributed by atoms with Gasteiger partial charge in [-0.2, -0.15) is 5.10 Å². The van der Waals surface area contributed by atoms with E-state index in [2.05, 4.69) is 15.4 Å². The van der Waals surface area contributed by atoms with Crippen LogP contribution in [0.3, 0.4) is 0 Å². The number of benzene rings is 2. The molecular formula is C20H21FN4O. The molecule has 1 amide bonds. The summed E-state index contributed by atoms with van der Waals surface area (Å²) in [6.45, 7) is 4.69. The van der Waals surface area contributed by atoms with E-state index in [1.807, 2.05) is 26.0 Å². The predicted octanol–water partition coefficient (Wildman–Crippen LogP) is 3.99. The molecule has 3 aromatic rings. The largest absolute Gasteiger partial charge is 0.342 e. The fourth-order valence-corrected chi connectivity index (χ4v) is 2.83. The van der Waals surface area contributed by atoms with Crippen molar-refractivity contribution in [3.05, 3.63) is 72.1 Å². The molecule has 3 rings (SSSR count). The number of aryl methyl sites for hydroxylation is 1. The third kappa shape index (κ3) is 3.79. The number of rotatable bonds is 6. The second-order valence-electron chi connectivity index (χ2n) is 5.95. The molecule has 0 saturated carbocycles. The molecule has 0 aliphatic heterocycles. The molecular weight excluding hydrogens is 331 g/mol. The molecule has 6 heteroatoms. The van der Waals surface area contributed by atoms with Crippen molar-refractivity contribution >= 4 is 5.91 Å². The summed E-state index contributed by atoms with van der Waals surface area (Å²) >= 11 is 0. The van der Waals surface area contributed by atoms with Crippen molar-refractivity contribution in [3.8, 4) is 11.1 Å². The Balaban J connectivity index is 1.74. The van der Waals surface area contributed by atoms with Crippen LogP contribution in [0.4, 0.5) is 4.39 Å². The number of hydrogen-bond donors (Lipinski definition) is 1. The lowest BCUT2D eigenvalue weighted by atomic mass is 10.0. The summed E-state index contributed by atoms with van der Waals surface area (Å²) in [6.07, 6.45) is 2.23. The zero-order valence-electron chi connectivity index (χ0n) is 14.8. The van der Waals surface area contributed by atoms with Gasteiger partial charge in [-0.3, -0.25) is 4.79 Å². The average Bonchev–Trinajstić information content (AvgIpc) is 3.15. The van der Waals surface area contributed by atoms with Crippen LogP contribution in [-0.4, -0.2) is 20.7 Å². The third-order valence-electron chi connectivity index (χ3n) is 4.29. The highest BCUT2D eigenvalue weighted by Gasteiger charge is 2.18. The smallest absolute Gasteiger partial charge is 0.251 e. The minimum atomic E-state index is -0.268. The number of carbonyl (C=O) groups excluding carboxylic acids is 1. The fraction of sp³-hybridized carbons (Fsp3) is 0.250. The molecule has 0 saturated heterocycles. The fourth-order valence-electron chi connectivity index (χ4n) is 2.83. The van der Waals surface area contributed by atoms with Crippen LogP contribution in [0.2, 0.25) is 0 Å². The van der Waals surface area contributed by atoms with Crippen LogP contribution in [0.25, 0.3) is 11.1 Å². The number of nitrogens with one attached hydrogen (secondary N) is 1. The lowest BCUT2D eigenvalue weighted by Crippen LogP contribution is -2.30. The maximum absolute atomic E-state index is 13.0. The molecule has 2 aromatic carbocycles. The molecule has 1 aromatic heterocycles. The monoisotopic (exact) mass is 352 g/mol. The van der Waals surface area contributed by atoms with Crippen LogP contribution < -0.4 is 5.32 Å². The van der Waals surface area contributed by atoms with Gasteiger partial charge in [0.25, 0.3) is 5.91 Å². The van der Waals surface area contributed by atoms with E-state index in [9.17, 15) is 9.18 Å². The maximum atomic E-state index is 13.0. The van der Waals surface area contributed by atoms with Crippen molar-refractivity contribution in [1.82, 2.24) is 20.1 Å². The summed E-state index contributed by atoms with van der Waals surface area (Å²) in [7, 11) is 0. The molecule has 0 radical (unpaired) electrons. The van der Waals surface area contributed by atoms with Gasteiger partial charge in [-0.05, 0) is 48.7 Å². The first-order chi connectivity index (χ1) is 12.6. The number of nitrogens with zero attached hydrogens (tertiary/aromatic N) is 3. The summed E-state index contributed by atoms with van der Waals surface area (Å²) in [4.78, 5) is 16.9. The van der Waals surface area contributed by atoms with Gasteiger partial charge in [0.1, 0.15) is 18.0 Å². The highest BCUT2D eigenvalue weighted by Crippen LogP contribution is 2.21.